The van der Waals surface area contributed by atoms with Crippen molar-refractivity contribution in [3.63, 3.8) is 0 Å². The van der Waals surface area contributed by atoms with Gasteiger partial charge in [-0.25, -0.2) is 0 Å². The number of rotatable bonds is 14. The zero-order valence-corrected chi connectivity index (χ0v) is 63.9. The standard InChI is InChI=1S/C74H122ClF3N12O12/c1-13-15-37-90-45-60(92)81-73(35-23-24-36-73)72(102)88(12)65(52-29-21-17-22-30-52)71(101)87(11)58(69(99)89-38-25-18-26-39-89)43-61(93)85(9)56(40-48(3)4)66(96)80-64(49(5)14-2)70(100)84(8)46-62(94)82(6)47-63(95)86(10)57(42-50-27-19-16-20-28-50)68(98)83(7)44-59(91)79-55(67(90)97)34-32-51-31-33-53(54(75)41-51)74(76,77)78/h48-58,64-65H,13-47H2,1-12H3,(H,79,91)(H,80,96)(H,81,92)/t49-,51?,53?,54?,55-,56-,57-,58-,64-,65-/m0/s1. The molecule has 6 aliphatic rings. The molecule has 102 heavy (non-hydrogen) atoms. The number of likely N-dealkylation sites (N-methyl/N-ethyl adjacent to an activating group) is 7. The Labute approximate surface area is 609 Å². The molecule has 0 aromatic rings. The van der Waals surface area contributed by atoms with Gasteiger partial charge in [0.05, 0.1) is 38.5 Å². The van der Waals surface area contributed by atoms with E-state index in [4.69, 9.17) is 11.6 Å². The highest BCUT2D eigenvalue weighted by Gasteiger charge is 2.51. The minimum absolute atomic E-state index is 0.00362. The van der Waals surface area contributed by atoms with Gasteiger partial charge in [-0.2, -0.15) is 13.2 Å². The summed E-state index contributed by atoms with van der Waals surface area (Å²) in [5.74, 6) is -10.6. The van der Waals surface area contributed by atoms with Crippen LogP contribution in [0.2, 0.25) is 0 Å². The number of nitrogens with zero attached hydrogens (tertiary/aromatic N) is 9. The van der Waals surface area contributed by atoms with Crippen molar-refractivity contribution < 1.29 is 70.7 Å². The van der Waals surface area contributed by atoms with E-state index < -0.39 is 175 Å². The average Bonchev–Trinajstić information content (AvgIpc) is 1.30. The third kappa shape index (κ3) is 22.9. The van der Waals surface area contributed by atoms with Gasteiger partial charge < -0.3 is 60.0 Å². The highest BCUT2D eigenvalue weighted by molar-refractivity contribution is 6.20. The largest absolute Gasteiger partial charge is 0.393 e. The fourth-order valence-corrected chi connectivity index (χ4v) is 16.8. The minimum atomic E-state index is -4.51. The predicted molar refractivity (Wildman–Crippen MR) is 381 cm³/mol. The Hall–Kier alpha value is -6.28. The lowest BCUT2D eigenvalue weighted by molar-refractivity contribution is -0.182. The normalized spacial score (nSPS) is 28.5. The van der Waals surface area contributed by atoms with Crippen LogP contribution in [0, 0.1) is 35.5 Å². The summed E-state index contributed by atoms with van der Waals surface area (Å²) in [6.45, 7) is 7.84. The maximum atomic E-state index is 15.8. The van der Waals surface area contributed by atoms with Crippen molar-refractivity contribution in [2.45, 2.75) is 268 Å². The molecule has 12 amide bonds. The molecule has 4 saturated carbocycles. The molecule has 6 fully saturated rings. The number of carbonyl (C=O) groups excluding carboxylic acids is 12. The van der Waals surface area contributed by atoms with Gasteiger partial charge in [-0.05, 0) is 126 Å². The van der Waals surface area contributed by atoms with E-state index in [-0.39, 0.29) is 82.1 Å². The smallest absolute Gasteiger partial charge is 0.343 e. The second kappa shape index (κ2) is 39.2. The van der Waals surface area contributed by atoms with Crippen molar-refractivity contribution in [2.75, 3.05) is 95.1 Å². The quantitative estimate of drug-likeness (QED) is 0.147. The van der Waals surface area contributed by atoms with Crippen molar-refractivity contribution in [3.05, 3.63) is 0 Å². The first-order valence-corrected chi connectivity index (χ1v) is 38.6. The van der Waals surface area contributed by atoms with Gasteiger partial charge in [-0.1, -0.05) is 112 Å². The molecule has 0 bridgehead atoms. The number of carbonyl (C=O) groups is 12. The topological polar surface area (TPSA) is 270 Å². The Balaban J connectivity index is 1.43. The summed E-state index contributed by atoms with van der Waals surface area (Å²) in [6.07, 6.45) is 8.28. The first kappa shape index (κ1) is 84.7. The number of amides is 12. The van der Waals surface area contributed by atoms with Crippen molar-refractivity contribution >= 4 is 82.5 Å². The van der Waals surface area contributed by atoms with Crippen molar-refractivity contribution in [1.82, 2.24) is 60.0 Å². The van der Waals surface area contributed by atoms with E-state index in [9.17, 15) is 46.7 Å². The van der Waals surface area contributed by atoms with E-state index in [2.05, 4.69) is 16.0 Å². The van der Waals surface area contributed by atoms with Gasteiger partial charge >= 0.3 is 6.18 Å². The maximum Gasteiger partial charge on any atom is 0.393 e. The summed E-state index contributed by atoms with van der Waals surface area (Å²) in [5.41, 5.74) is -1.56. The van der Waals surface area contributed by atoms with E-state index in [1.54, 1.807) is 11.8 Å². The van der Waals surface area contributed by atoms with Gasteiger partial charge in [0, 0.05) is 74.3 Å². The SMILES string of the molecule is CCCCN1CC(=O)NC2(CCCC2)C(=O)N(C)[C@@H](C2CCCCC2)C(=O)N(C)[C@H](C(=O)N2CCCCC2)CC(=O)N(C)[C@@H](CC(C)C)C(=O)N[C@@H]([C@@H](C)CC)C(=O)N(C)CC(=O)N(C)CC(=O)N(C)[C@@H](CC2CCCCC2)C(=O)N(C)CC(=O)N[C@@H](CCC2CCC(C(F)(F)F)C(Cl)C2)C1=O. The van der Waals surface area contributed by atoms with Gasteiger partial charge in [0.1, 0.15) is 41.8 Å². The number of alkyl halides is 4. The lowest BCUT2D eigenvalue weighted by Crippen LogP contribution is -2.64. The highest BCUT2D eigenvalue weighted by Crippen LogP contribution is 2.44. The first-order valence-electron chi connectivity index (χ1n) is 38.1. The van der Waals surface area contributed by atoms with Crippen LogP contribution in [0.25, 0.3) is 0 Å². The Bertz CT molecular complexity index is 2890. The number of unbranched alkanes of at least 4 members (excludes halogenated alkanes) is 1. The molecule has 10 atom stereocenters. The number of halogens is 4. The second-order valence-electron chi connectivity index (χ2n) is 31.2. The molecule has 1 spiro atoms. The molecule has 4 aliphatic carbocycles. The van der Waals surface area contributed by atoms with E-state index in [0.29, 0.717) is 70.9 Å². The van der Waals surface area contributed by atoms with Gasteiger partial charge in [0.25, 0.3) is 0 Å². The highest BCUT2D eigenvalue weighted by atomic mass is 35.5. The summed E-state index contributed by atoms with van der Waals surface area (Å²) >= 11 is 6.42. The number of piperidine rings is 1. The van der Waals surface area contributed by atoms with Crippen LogP contribution >= 0.6 is 11.6 Å². The third-order valence-electron chi connectivity index (χ3n) is 23.1. The zero-order valence-electron chi connectivity index (χ0n) is 63.2. The van der Waals surface area contributed by atoms with Crippen LogP contribution in [0.1, 0.15) is 214 Å². The molecule has 2 aliphatic heterocycles. The van der Waals surface area contributed by atoms with Crippen molar-refractivity contribution in [2.24, 2.45) is 35.5 Å². The molecule has 578 valence electrons. The Morgan fingerprint density at radius 1 is 0.588 bits per heavy atom. The van der Waals surface area contributed by atoms with Crippen LogP contribution in [0.5, 0.6) is 0 Å². The molecule has 6 rings (SSSR count). The first-order chi connectivity index (χ1) is 48.1. The average molecular weight is 1460 g/mol. The summed E-state index contributed by atoms with van der Waals surface area (Å²) < 4.78 is 42.1. The molecule has 3 N–H and O–H groups in total. The van der Waals surface area contributed by atoms with E-state index in [1.807, 2.05) is 27.7 Å². The number of hydrogen-bond donors (Lipinski definition) is 3. The molecule has 0 aromatic carbocycles. The monoisotopic (exact) mass is 1460 g/mol. The molecule has 0 aromatic heterocycles. The second-order valence-corrected chi connectivity index (χ2v) is 31.8. The summed E-state index contributed by atoms with van der Waals surface area (Å²) in [6, 6.07) is -7.41. The fourth-order valence-electron chi connectivity index (χ4n) is 16.3. The molecular weight excluding hydrogens is 1340 g/mol. The number of nitrogens with one attached hydrogen (secondary N) is 3. The van der Waals surface area contributed by atoms with Crippen LogP contribution < -0.4 is 16.0 Å². The van der Waals surface area contributed by atoms with Crippen LogP contribution in [0.4, 0.5) is 13.2 Å². The maximum absolute atomic E-state index is 15.8. The fraction of sp³-hybridized carbons (Fsp3) is 0.838. The van der Waals surface area contributed by atoms with Gasteiger partial charge in [-0.3, -0.25) is 57.5 Å². The molecule has 3 unspecified atom stereocenters. The summed E-state index contributed by atoms with van der Waals surface area (Å²) in [7, 11) is 10.1. The van der Waals surface area contributed by atoms with Crippen LogP contribution in [0.15, 0.2) is 0 Å². The van der Waals surface area contributed by atoms with Crippen LogP contribution in [-0.4, -0.2) is 263 Å². The third-order valence-corrected chi connectivity index (χ3v) is 23.5. The molecule has 2 saturated heterocycles. The molecule has 28 heteroatoms. The molecule has 24 nitrogen and oxygen atoms in total. The van der Waals surface area contributed by atoms with Crippen molar-refractivity contribution in [3.8, 4) is 0 Å². The lowest BCUT2D eigenvalue weighted by Gasteiger charge is -2.43. The summed E-state index contributed by atoms with van der Waals surface area (Å²) in [5, 5.41) is 7.57. The number of likely N-dealkylation sites (tertiary alicyclic amines) is 1. The van der Waals surface area contributed by atoms with E-state index in [1.165, 1.54) is 73.8 Å². The zero-order chi connectivity index (χ0) is 75.5. The minimum Gasteiger partial charge on any atom is -0.343 e. The van der Waals surface area contributed by atoms with Gasteiger partial charge in [0.15, 0.2) is 0 Å². The lowest BCUT2D eigenvalue weighted by atomic mass is 9.78. The Morgan fingerprint density at radius 2 is 1.18 bits per heavy atom. The van der Waals surface area contributed by atoms with Crippen molar-refractivity contribution in [1.29, 1.82) is 0 Å². The van der Waals surface area contributed by atoms with Gasteiger partial charge in [-0.15, -0.1) is 11.6 Å². The molecular formula is C74H122ClF3N12O12. The molecule has 0 radical (unpaired) electrons. The van der Waals surface area contributed by atoms with Gasteiger partial charge in [0.2, 0.25) is 70.9 Å². The van der Waals surface area contributed by atoms with E-state index >= 15 is 24.0 Å². The summed E-state index contributed by atoms with van der Waals surface area (Å²) in [4.78, 5) is 191. The number of hydrogen-bond acceptors (Lipinski definition) is 12. The Kier molecular flexibility index (Phi) is 32.5. The Morgan fingerprint density at radius 3 is 1.76 bits per heavy atom. The predicted octanol–water partition coefficient (Wildman–Crippen LogP) is 7.12. The van der Waals surface area contributed by atoms with Crippen LogP contribution in [0.3, 0.4) is 0 Å². The molecule has 2 heterocycles. The van der Waals surface area contributed by atoms with Crippen LogP contribution in [-0.2, 0) is 57.5 Å². The van der Waals surface area contributed by atoms with E-state index in [0.717, 1.165) is 72.5 Å².